The molecule has 1 aromatic rings. The molecule has 2 aliphatic heterocycles. The highest BCUT2D eigenvalue weighted by atomic mass is 16.6. The van der Waals surface area contributed by atoms with E-state index in [1.165, 1.54) is 0 Å². The number of nitrogens with zero attached hydrogens (tertiary/aromatic N) is 1. The molecular weight excluding hydrogens is 242 g/mol. The van der Waals surface area contributed by atoms with Crippen molar-refractivity contribution in [3.63, 3.8) is 0 Å². The summed E-state index contributed by atoms with van der Waals surface area (Å²) in [6.07, 6.45) is 1.80. The molecule has 0 N–H and O–H groups in total. The van der Waals surface area contributed by atoms with E-state index in [-0.39, 0.29) is 10.8 Å². The molecule has 0 bridgehead atoms. The smallest absolute Gasteiger partial charge is 0.161 e. The summed E-state index contributed by atoms with van der Waals surface area (Å²) in [5.41, 5.74) is 0.958. The number of ether oxygens (including phenoxy) is 3. The average Bonchev–Trinajstić information content (AvgIpc) is 2.36. The Hall–Kier alpha value is -1.73. The van der Waals surface area contributed by atoms with Gasteiger partial charge in [0.05, 0.1) is 24.7 Å². The molecule has 2 heterocycles. The third-order valence-corrected chi connectivity index (χ3v) is 4.48. The van der Waals surface area contributed by atoms with Gasteiger partial charge in [-0.1, -0.05) is 6.07 Å². The third kappa shape index (κ3) is 1.48. The number of nitriles is 1. The second-order valence-corrected chi connectivity index (χ2v) is 5.90. The monoisotopic (exact) mass is 257 g/mol. The first-order valence-electron chi connectivity index (χ1n) is 6.65. The van der Waals surface area contributed by atoms with Crippen LogP contribution in [0.15, 0.2) is 18.2 Å². The third-order valence-electron chi connectivity index (χ3n) is 4.48. The Morgan fingerprint density at radius 3 is 2.42 bits per heavy atom. The lowest BCUT2D eigenvalue weighted by Crippen LogP contribution is -2.59. The van der Waals surface area contributed by atoms with Gasteiger partial charge in [-0.15, -0.1) is 0 Å². The van der Waals surface area contributed by atoms with Gasteiger partial charge in [-0.05, 0) is 30.5 Å². The van der Waals surface area contributed by atoms with Crippen LogP contribution in [-0.4, -0.2) is 26.4 Å². The minimum atomic E-state index is -0.361. The summed E-state index contributed by atoms with van der Waals surface area (Å²) in [7, 11) is 0. The highest BCUT2D eigenvalue weighted by Crippen LogP contribution is 2.59. The molecule has 4 nitrogen and oxygen atoms in total. The highest BCUT2D eigenvalue weighted by molar-refractivity contribution is 5.49. The Labute approximate surface area is 111 Å². The fraction of sp³-hybridized carbons (Fsp3) is 0.533. The normalized spacial score (nSPS) is 25.0. The van der Waals surface area contributed by atoms with Crippen molar-refractivity contribution in [3.05, 3.63) is 23.8 Å². The molecule has 1 spiro atoms. The first-order valence-corrected chi connectivity index (χ1v) is 6.65. The van der Waals surface area contributed by atoms with E-state index in [2.05, 4.69) is 6.07 Å². The zero-order valence-electron chi connectivity index (χ0n) is 10.6. The molecule has 1 aromatic carbocycles. The van der Waals surface area contributed by atoms with Crippen molar-refractivity contribution in [2.45, 2.75) is 18.3 Å². The van der Waals surface area contributed by atoms with E-state index < -0.39 is 0 Å². The molecule has 0 radical (unpaired) electrons. The van der Waals surface area contributed by atoms with Crippen molar-refractivity contribution in [1.29, 1.82) is 5.26 Å². The van der Waals surface area contributed by atoms with E-state index in [0.29, 0.717) is 13.2 Å². The minimum absolute atomic E-state index is 0.267. The first kappa shape index (κ1) is 11.1. The van der Waals surface area contributed by atoms with Crippen molar-refractivity contribution < 1.29 is 14.2 Å². The summed E-state index contributed by atoms with van der Waals surface area (Å²) in [4.78, 5) is 0. The lowest BCUT2D eigenvalue weighted by Gasteiger charge is -2.57. The maximum atomic E-state index is 9.58. The number of hydrogen-bond acceptors (Lipinski definition) is 4. The molecule has 3 aliphatic rings. The van der Waals surface area contributed by atoms with Gasteiger partial charge in [-0.2, -0.15) is 5.26 Å². The van der Waals surface area contributed by atoms with Crippen LogP contribution in [0.1, 0.15) is 18.4 Å². The lowest BCUT2D eigenvalue weighted by atomic mass is 9.50. The van der Waals surface area contributed by atoms with Crippen LogP contribution in [0.25, 0.3) is 0 Å². The molecule has 98 valence electrons. The molecule has 1 aliphatic carbocycles. The van der Waals surface area contributed by atoms with Gasteiger partial charge >= 0.3 is 0 Å². The molecule has 4 rings (SSSR count). The minimum Gasteiger partial charge on any atom is -0.486 e. The van der Waals surface area contributed by atoms with Gasteiger partial charge in [0.2, 0.25) is 0 Å². The predicted molar refractivity (Wildman–Crippen MR) is 67.2 cm³/mol. The SMILES string of the molecule is N#CC1(c2ccc3c(c2)OCCO3)CC2(COC2)C1. The molecule has 4 heteroatoms. The maximum absolute atomic E-state index is 9.58. The fourth-order valence-corrected chi connectivity index (χ4v) is 3.51. The Kier molecular flexibility index (Phi) is 2.13. The van der Waals surface area contributed by atoms with Gasteiger partial charge in [0.25, 0.3) is 0 Å². The molecule has 0 unspecified atom stereocenters. The molecule has 0 aromatic heterocycles. The van der Waals surface area contributed by atoms with E-state index in [4.69, 9.17) is 14.2 Å². The molecule has 2 fully saturated rings. The van der Waals surface area contributed by atoms with Gasteiger partial charge in [0.15, 0.2) is 11.5 Å². The molecule has 0 atom stereocenters. The van der Waals surface area contributed by atoms with Gasteiger partial charge in [0, 0.05) is 5.41 Å². The zero-order valence-corrected chi connectivity index (χ0v) is 10.6. The van der Waals surface area contributed by atoms with E-state index in [1.807, 2.05) is 18.2 Å². The molecule has 0 amide bonds. The Bertz CT molecular complexity index is 563. The fourth-order valence-electron chi connectivity index (χ4n) is 3.51. The summed E-state index contributed by atoms with van der Waals surface area (Å²) in [5, 5.41) is 9.58. The van der Waals surface area contributed by atoms with Crippen LogP contribution in [0.4, 0.5) is 0 Å². The number of rotatable bonds is 1. The van der Waals surface area contributed by atoms with Gasteiger partial charge in [-0.3, -0.25) is 0 Å². The van der Waals surface area contributed by atoms with E-state index >= 15 is 0 Å². The zero-order chi connectivity index (χ0) is 12.9. The summed E-state index contributed by atoms with van der Waals surface area (Å²) in [6, 6.07) is 8.41. The topological polar surface area (TPSA) is 51.5 Å². The molecule has 19 heavy (non-hydrogen) atoms. The van der Waals surface area contributed by atoms with Crippen molar-refractivity contribution in [2.24, 2.45) is 5.41 Å². The lowest BCUT2D eigenvalue weighted by molar-refractivity contribution is -0.178. The van der Waals surface area contributed by atoms with Crippen molar-refractivity contribution in [1.82, 2.24) is 0 Å². The quantitative estimate of drug-likeness (QED) is 0.772. The van der Waals surface area contributed by atoms with E-state index in [9.17, 15) is 5.26 Å². The number of benzene rings is 1. The molecule has 1 saturated heterocycles. The first-order chi connectivity index (χ1) is 9.25. The van der Waals surface area contributed by atoms with Crippen LogP contribution in [0.5, 0.6) is 11.5 Å². The summed E-state index contributed by atoms with van der Waals surface area (Å²) < 4.78 is 16.4. The Morgan fingerprint density at radius 2 is 1.79 bits per heavy atom. The second-order valence-electron chi connectivity index (χ2n) is 5.90. The van der Waals surface area contributed by atoms with Crippen LogP contribution >= 0.6 is 0 Å². The number of hydrogen-bond donors (Lipinski definition) is 0. The average molecular weight is 257 g/mol. The summed E-state index contributed by atoms with van der Waals surface area (Å²) in [6.45, 7) is 2.78. The van der Waals surface area contributed by atoms with Crippen LogP contribution < -0.4 is 9.47 Å². The van der Waals surface area contributed by atoms with Gasteiger partial charge < -0.3 is 14.2 Å². The van der Waals surface area contributed by atoms with Crippen LogP contribution in [0.3, 0.4) is 0 Å². The van der Waals surface area contributed by atoms with Gasteiger partial charge in [0.1, 0.15) is 13.2 Å². The van der Waals surface area contributed by atoms with Gasteiger partial charge in [-0.25, -0.2) is 0 Å². The summed E-state index contributed by atoms with van der Waals surface area (Å²) in [5.74, 6) is 1.55. The van der Waals surface area contributed by atoms with Crippen LogP contribution in [0.2, 0.25) is 0 Å². The predicted octanol–water partition coefficient (Wildman–Crippen LogP) is 2.03. The summed E-state index contributed by atoms with van der Waals surface area (Å²) >= 11 is 0. The van der Waals surface area contributed by atoms with Crippen molar-refractivity contribution >= 4 is 0 Å². The van der Waals surface area contributed by atoms with Crippen molar-refractivity contribution in [2.75, 3.05) is 26.4 Å². The highest BCUT2D eigenvalue weighted by Gasteiger charge is 2.59. The van der Waals surface area contributed by atoms with Crippen LogP contribution in [-0.2, 0) is 10.2 Å². The Morgan fingerprint density at radius 1 is 1.05 bits per heavy atom. The van der Waals surface area contributed by atoms with Crippen molar-refractivity contribution in [3.8, 4) is 17.6 Å². The molecule has 1 saturated carbocycles. The second kappa shape index (κ2) is 3.64. The standard InChI is InChI=1S/C15H15NO3/c16-8-15(6-14(7-15)9-17-10-14)11-1-2-12-13(5-11)19-4-3-18-12/h1-2,5H,3-4,6-7,9-10H2. The largest absolute Gasteiger partial charge is 0.486 e. The number of fused-ring (bicyclic) bond motifs is 1. The Balaban J connectivity index is 1.66. The molecular formula is C15H15NO3. The van der Waals surface area contributed by atoms with E-state index in [1.54, 1.807) is 0 Å². The van der Waals surface area contributed by atoms with E-state index in [0.717, 1.165) is 43.1 Å². The van der Waals surface area contributed by atoms with Crippen LogP contribution in [0, 0.1) is 16.7 Å². The maximum Gasteiger partial charge on any atom is 0.161 e.